The van der Waals surface area contributed by atoms with Gasteiger partial charge in [-0.25, -0.2) is 9.37 Å². The molecule has 21 heavy (non-hydrogen) atoms. The summed E-state index contributed by atoms with van der Waals surface area (Å²) in [5, 5.41) is 2.98. The van der Waals surface area contributed by atoms with E-state index in [0.29, 0.717) is 17.4 Å². The van der Waals surface area contributed by atoms with Crippen LogP contribution in [0.3, 0.4) is 0 Å². The lowest BCUT2D eigenvalue weighted by molar-refractivity contribution is 0.234. The standard InChI is InChI=1S/C14H17FN4O2/c1-8(2)21-14-12(16)13(17-7-18-14)19-9-4-5-10(15)11(6-9)20-3/h4-8H,16H2,1-3H3,(H,17,18,19). The summed E-state index contributed by atoms with van der Waals surface area (Å²) in [5.74, 6) is 0.375. The van der Waals surface area contributed by atoms with E-state index in [1.165, 1.54) is 25.6 Å². The van der Waals surface area contributed by atoms with Crippen LogP contribution in [0.1, 0.15) is 13.8 Å². The molecule has 0 amide bonds. The van der Waals surface area contributed by atoms with Gasteiger partial charge in [-0.05, 0) is 26.0 Å². The molecule has 7 heteroatoms. The summed E-state index contributed by atoms with van der Waals surface area (Å²) in [5.41, 5.74) is 6.84. The van der Waals surface area contributed by atoms with Crippen LogP contribution in [-0.2, 0) is 0 Å². The highest BCUT2D eigenvalue weighted by Gasteiger charge is 2.12. The van der Waals surface area contributed by atoms with Crippen molar-refractivity contribution in [2.45, 2.75) is 20.0 Å². The summed E-state index contributed by atoms with van der Waals surface area (Å²) in [7, 11) is 1.40. The molecule has 2 rings (SSSR count). The highest BCUT2D eigenvalue weighted by molar-refractivity contribution is 5.72. The number of aromatic nitrogens is 2. The minimum Gasteiger partial charge on any atom is -0.494 e. The number of hydrogen-bond acceptors (Lipinski definition) is 6. The second-order valence-corrected chi connectivity index (χ2v) is 4.58. The van der Waals surface area contributed by atoms with E-state index in [-0.39, 0.29) is 17.5 Å². The fourth-order valence-corrected chi connectivity index (χ4v) is 1.67. The molecule has 112 valence electrons. The monoisotopic (exact) mass is 292 g/mol. The normalized spacial score (nSPS) is 10.5. The van der Waals surface area contributed by atoms with E-state index in [0.717, 1.165) is 0 Å². The summed E-state index contributed by atoms with van der Waals surface area (Å²) in [6, 6.07) is 4.37. The Morgan fingerprint density at radius 2 is 2.05 bits per heavy atom. The lowest BCUT2D eigenvalue weighted by atomic mass is 10.3. The van der Waals surface area contributed by atoms with E-state index in [1.54, 1.807) is 6.07 Å². The maximum atomic E-state index is 13.4. The summed E-state index contributed by atoms with van der Waals surface area (Å²) in [6.07, 6.45) is 1.29. The van der Waals surface area contributed by atoms with E-state index in [2.05, 4.69) is 15.3 Å². The molecular weight excluding hydrogens is 275 g/mol. The van der Waals surface area contributed by atoms with Crippen molar-refractivity contribution in [3.05, 3.63) is 30.3 Å². The van der Waals surface area contributed by atoms with Crippen molar-refractivity contribution in [3.8, 4) is 11.6 Å². The van der Waals surface area contributed by atoms with Crippen molar-refractivity contribution in [1.29, 1.82) is 0 Å². The number of nitrogens with zero attached hydrogens (tertiary/aromatic N) is 2. The Balaban J connectivity index is 2.27. The summed E-state index contributed by atoms with van der Waals surface area (Å²) >= 11 is 0. The van der Waals surface area contributed by atoms with Gasteiger partial charge in [0.05, 0.1) is 13.2 Å². The second-order valence-electron chi connectivity index (χ2n) is 4.58. The Bertz CT molecular complexity index is 634. The van der Waals surface area contributed by atoms with Gasteiger partial charge in [0.15, 0.2) is 17.4 Å². The predicted molar refractivity (Wildman–Crippen MR) is 78.4 cm³/mol. The first-order valence-electron chi connectivity index (χ1n) is 6.39. The number of rotatable bonds is 5. The Kier molecular flexibility index (Phi) is 4.42. The first-order valence-corrected chi connectivity index (χ1v) is 6.39. The van der Waals surface area contributed by atoms with E-state index in [4.69, 9.17) is 15.2 Å². The lowest BCUT2D eigenvalue weighted by Gasteiger charge is -2.14. The van der Waals surface area contributed by atoms with Crippen LogP contribution in [0.15, 0.2) is 24.5 Å². The van der Waals surface area contributed by atoms with Gasteiger partial charge in [-0.2, -0.15) is 4.98 Å². The van der Waals surface area contributed by atoms with Gasteiger partial charge >= 0.3 is 0 Å². The Labute approximate surface area is 122 Å². The van der Waals surface area contributed by atoms with Gasteiger partial charge in [0.1, 0.15) is 12.0 Å². The molecule has 2 aromatic rings. The minimum atomic E-state index is -0.442. The lowest BCUT2D eigenvalue weighted by Crippen LogP contribution is -2.10. The van der Waals surface area contributed by atoms with Gasteiger partial charge in [0.25, 0.3) is 0 Å². The van der Waals surface area contributed by atoms with Crippen molar-refractivity contribution < 1.29 is 13.9 Å². The van der Waals surface area contributed by atoms with Gasteiger partial charge in [-0.15, -0.1) is 0 Å². The van der Waals surface area contributed by atoms with E-state index in [1.807, 2.05) is 13.8 Å². The molecule has 6 nitrogen and oxygen atoms in total. The summed E-state index contributed by atoms with van der Waals surface area (Å²) in [4.78, 5) is 8.04. The predicted octanol–water partition coefficient (Wildman–Crippen LogP) is 2.74. The van der Waals surface area contributed by atoms with Crippen molar-refractivity contribution in [1.82, 2.24) is 9.97 Å². The molecule has 0 saturated carbocycles. The second kappa shape index (κ2) is 6.25. The molecule has 3 N–H and O–H groups in total. The maximum Gasteiger partial charge on any atom is 0.242 e. The fraction of sp³-hybridized carbons (Fsp3) is 0.286. The molecule has 0 aliphatic rings. The molecule has 0 aliphatic carbocycles. The van der Waals surface area contributed by atoms with Gasteiger partial charge in [-0.1, -0.05) is 0 Å². The van der Waals surface area contributed by atoms with E-state index in [9.17, 15) is 4.39 Å². The summed E-state index contributed by atoms with van der Waals surface area (Å²) in [6.45, 7) is 3.75. The van der Waals surface area contributed by atoms with Crippen molar-refractivity contribution >= 4 is 17.2 Å². The zero-order chi connectivity index (χ0) is 15.4. The van der Waals surface area contributed by atoms with Crippen LogP contribution in [0.5, 0.6) is 11.6 Å². The average molecular weight is 292 g/mol. The van der Waals surface area contributed by atoms with Crippen molar-refractivity contribution in [2.75, 3.05) is 18.2 Å². The Morgan fingerprint density at radius 3 is 2.71 bits per heavy atom. The molecule has 0 spiro atoms. The SMILES string of the molecule is COc1cc(Nc2ncnc(OC(C)C)c2N)ccc1F. The van der Waals surface area contributed by atoms with Crippen molar-refractivity contribution in [3.63, 3.8) is 0 Å². The van der Waals surface area contributed by atoms with Crippen LogP contribution in [0.4, 0.5) is 21.6 Å². The number of anilines is 3. The van der Waals surface area contributed by atoms with Gasteiger partial charge in [0, 0.05) is 11.8 Å². The number of methoxy groups -OCH3 is 1. The molecule has 0 bridgehead atoms. The molecule has 0 radical (unpaired) electrons. The average Bonchev–Trinajstić information content (AvgIpc) is 2.44. The van der Waals surface area contributed by atoms with Crippen molar-refractivity contribution in [2.24, 2.45) is 0 Å². The van der Waals surface area contributed by atoms with E-state index >= 15 is 0 Å². The number of ether oxygens (including phenoxy) is 2. The van der Waals surface area contributed by atoms with E-state index < -0.39 is 5.82 Å². The number of nitrogens with two attached hydrogens (primary N) is 1. The molecular formula is C14H17FN4O2. The minimum absolute atomic E-state index is 0.0547. The van der Waals surface area contributed by atoms with Crippen LogP contribution in [0.2, 0.25) is 0 Å². The molecule has 1 heterocycles. The molecule has 1 aromatic carbocycles. The number of benzene rings is 1. The van der Waals surface area contributed by atoms with Crippen LogP contribution in [0.25, 0.3) is 0 Å². The highest BCUT2D eigenvalue weighted by atomic mass is 19.1. The number of nitrogen functional groups attached to an aromatic ring is 1. The fourth-order valence-electron chi connectivity index (χ4n) is 1.67. The molecule has 1 aromatic heterocycles. The number of hydrogen-bond donors (Lipinski definition) is 2. The molecule has 0 atom stereocenters. The van der Waals surface area contributed by atoms with Crippen LogP contribution < -0.4 is 20.5 Å². The first-order chi connectivity index (χ1) is 10.0. The maximum absolute atomic E-state index is 13.4. The van der Waals surface area contributed by atoms with Crippen LogP contribution in [-0.4, -0.2) is 23.2 Å². The smallest absolute Gasteiger partial charge is 0.242 e. The van der Waals surface area contributed by atoms with Gasteiger partial charge in [-0.3, -0.25) is 0 Å². The third kappa shape index (κ3) is 3.50. The van der Waals surface area contributed by atoms with Gasteiger partial charge < -0.3 is 20.5 Å². The molecule has 0 saturated heterocycles. The Morgan fingerprint density at radius 1 is 1.29 bits per heavy atom. The first kappa shape index (κ1) is 14.8. The largest absolute Gasteiger partial charge is 0.494 e. The zero-order valence-electron chi connectivity index (χ0n) is 12.1. The van der Waals surface area contributed by atoms with Crippen LogP contribution in [0, 0.1) is 5.82 Å². The Hall–Kier alpha value is -2.57. The topological polar surface area (TPSA) is 82.3 Å². The highest BCUT2D eigenvalue weighted by Crippen LogP contribution is 2.29. The zero-order valence-corrected chi connectivity index (χ0v) is 12.1. The van der Waals surface area contributed by atoms with Crippen LogP contribution >= 0.6 is 0 Å². The molecule has 0 aliphatic heterocycles. The third-order valence-corrected chi connectivity index (χ3v) is 2.61. The third-order valence-electron chi connectivity index (χ3n) is 2.61. The number of nitrogens with one attached hydrogen (secondary N) is 1. The van der Waals surface area contributed by atoms with Gasteiger partial charge in [0.2, 0.25) is 5.88 Å². The molecule has 0 fully saturated rings. The summed E-state index contributed by atoms with van der Waals surface area (Å²) < 4.78 is 23.8. The number of halogens is 1. The molecule has 0 unspecified atom stereocenters. The quantitative estimate of drug-likeness (QED) is 0.881.